The fourth-order valence-corrected chi connectivity index (χ4v) is 5.71. The van der Waals surface area contributed by atoms with Crippen LogP contribution in [0.15, 0.2) is 114 Å². The van der Waals surface area contributed by atoms with E-state index in [2.05, 4.69) is 22.2 Å². The van der Waals surface area contributed by atoms with Crippen molar-refractivity contribution in [3.05, 3.63) is 152 Å². The summed E-state index contributed by atoms with van der Waals surface area (Å²) in [5.74, 6) is 0.102. The highest BCUT2D eigenvalue weighted by molar-refractivity contribution is 7.86. The number of hydrogen-bond donors (Lipinski definition) is 0. The topological polar surface area (TPSA) is 92.1 Å². The van der Waals surface area contributed by atoms with Gasteiger partial charge in [0.25, 0.3) is 10.1 Å². The molecular weight excluding hydrogens is 589 g/mol. The third-order valence-corrected chi connectivity index (χ3v) is 8.06. The first-order valence-corrected chi connectivity index (χ1v) is 16.1. The lowest BCUT2D eigenvalue weighted by molar-refractivity contribution is 0.197. The molecule has 0 N–H and O–H groups in total. The first kappa shape index (κ1) is 33.2. The molecule has 0 fully saturated rings. The van der Waals surface area contributed by atoms with Crippen LogP contribution in [0, 0.1) is 0 Å². The molecule has 220 valence electrons. The zero-order chi connectivity index (χ0) is 30.5. The number of nitrogens with zero attached hydrogens (tertiary/aromatic N) is 3. The molecule has 6 nitrogen and oxygen atoms in total. The van der Waals surface area contributed by atoms with E-state index in [1.54, 1.807) is 6.92 Å². The van der Waals surface area contributed by atoms with Crippen LogP contribution in [0.1, 0.15) is 47.9 Å². The van der Waals surface area contributed by atoms with Gasteiger partial charge in [-0.25, -0.2) is 0 Å². The Labute approximate surface area is 259 Å². The van der Waals surface area contributed by atoms with Gasteiger partial charge in [-0.3, -0.25) is 4.18 Å². The van der Waals surface area contributed by atoms with E-state index in [9.17, 15) is 8.42 Å². The van der Waals surface area contributed by atoms with Crippen molar-refractivity contribution < 1.29 is 12.6 Å². The summed E-state index contributed by atoms with van der Waals surface area (Å²) in [5, 5.41) is 5.28. The average molecular weight is 625 g/mol. The number of rotatable bonds is 11. The number of halogens is 2. The first-order valence-electron chi connectivity index (χ1n) is 13.6. The molecule has 0 saturated carbocycles. The fraction of sp³-hybridized carbons (Fsp3) is 0.273. The largest absolute Gasteiger partial charge is 0.267 e. The van der Waals surface area contributed by atoms with Gasteiger partial charge >= 0.3 is 0 Å². The third-order valence-electron chi connectivity index (χ3n) is 6.90. The number of benzene rings is 4. The molecule has 4 aromatic carbocycles. The Morgan fingerprint density at radius 2 is 1.12 bits per heavy atom. The maximum atomic E-state index is 11.4. The van der Waals surface area contributed by atoms with Gasteiger partial charge in [0, 0.05) is 26.9 Å². The lowest BCUT2D eigenvalue weighted by Crippen LogP contribution is -2.24. The minimum Gasteiger partial charge on any atom is -0.267 e. The molecular formula is C33H35Cl2N3O3S. The van der Waals surface area contributed by atoms with Gasteiger partial charge in [-0.2, -0.15) is 8.42 Å². The van der Waals surface area contributed by atoms with E-state index >= 15 is 0 Å². The van der Waals surface area contributed by atoms with Crippen molar-refractivity contribution in [3.8, 4) is 0 Å². The zero-order valence-corrected chi connectivity index (χ0v) is 26.2. The molecule has 0 aliphatic carbocycles. The minimum atomic E-state index is -3.50. The van der Waals surface area contributed by atoms with Crippen LogP contribution in [-0.4, -0.2) is 26.8 Å². The van der Waals surface area contributed by atoms with E-state index in [1.165, 1.54) is 11.1 Å². The number of hydrogen-bond acceptors (Lipinski definition) is 4. The Bertz CT molecular complexity index is 1530. The standard InChI is InChI=1S/C17H19ClO3S.C16H16ClN3/c1-13(21-22(2,19)20)17(15-6-4-3-5-7-15)12-14-8-10-16(18)11-9-14;1-12(19-20-18)16(14-5-3-2-4-6-14)11-13-7-9-15(17)10-8-13/h3-11,13,17H,12H2,1-2H3;2-10,12,16H,11H2,1H3. The van der Waals surface area contributed by atoms with Crippen LogP contribution in [0.2, 0.25) is 10.0 Å². The second kappa shape index (κ2) is 16.4. The molecule has 0 aliphatic heterocycles. The molecule has 0 radical (unpaired) electrons. The van der Waals surface area contributed by atoms with Crippen LogP contribution in [0.25, 0.3) is 10.4 Å². The van der Waals surface area contributed by atoms with Gasteiger partial charge < -0.3 is 0 Å². The molecule has 0 heterocycles. The fourth-order valence-electron chi connectivity index (χ4n) is 4.78. The lowest BCUT2D eigenvalue weighted by Gasteiger charge is -2.24. The van der Waals surface area contributed by atoms with E-state index in [4.69, 9.17) is 32.9 Å². The Morgan fingerprint density at radius 3 is 1.52 bits per heavy atom. The summed E-state index contributed by atoms with van der Waals surface area (Å²) in [5.41, 5.74) is 13.2. The molecule has 0 amide bonds. The summed E-state index contributed by atoms with van der Waals surface area (Å²) in [6, 6.07) is 35.2. The molecule has 0 spiro atoms. The molecule has 4 aromatic rings. The summed E-state index contributed by atoms with van der Waals surface area (Å²) in [7, 11) is -3.50. The Balaban J connectivity index is 0.000000231. The molecule has 42 heavy (non-hydrogen) atoms. The molecule has 4 rings (SSSR count). The predicted octanol–water partition coefficient (Wildman–Crippen LogP) is 9.40. The van der Waals surface area contributed by atoms with E-state index in [1.807, 2.05) is 104 Å². The highest BCUT2D eigenvalue weighted by Crippen LogP contribution is 2.29. The van der Waals surface area contributed by atoms with Crippen LogP contribution in [0.4, 0.5) is 0 Å². The summed E-state index contributed by atoms with van der Waals surface area (Å²) in [6.45, 7) is 3.74. The smallest absolute Gasteiger partial charge is 0.264 e. The van der Waals surface area contributed by atoms with E-state index < -0.39 is 16.2 Å². The molecule has 0 bridgehead atoms. The summed E-state index contributed by atoms with van der Waals surface area (Å²) >= 11 is 11.8. The molecule has 9 heteroatoms. The van der Waals surface area contributed by atoms with Crippen LogP contribution in [0.3, 0.4) is 0 Å². The third kappa shape index (κ3) is 11.2. The van der Waals surface area contributed by atoms with E-state index in [-0.39, 0.29) is 17.9 Å². The Hall–Kier alpha value is -3.32. The van der Waals surface area contributed by atoms with Crippen molar-refractivity contribution in [2.45, 2.75) is 50.7 Å². The maximum absolute atomic E-state index is 11.4. The second-order valence-corrected chi connectivity index (χ2v) is 12.6. The SMILES string of the molecule is CC(N=[N+]=[N-])C(Cc1ccc(Cl)cc1)c1ccccc1.CC(OS(C)(=O)=O)C(Cc1ccc(Cl)cc1)c1ccccc1. The van der Waals surface area contributed by atoms with Gasteiger partial charge in [-0.15, -0.1) is 0 Å². The Morgan fingerprint density at radius 1 is 0.714 bits per heavy atom. The van der Waals surface area contributed by atoms with E-state index in [0.717, 1.165) is 28.8 Å². The summed E-state index contributed by atoms with van der Waals surface area (Å²) in [4.78, 5) is 2.94. The van der Waals surface area contributed by atoms with Gasteiger partial charge in [0.2, 0.25) is 0 Å². The average Bonchev–Trinajstić information content (AvgIpc) is 2.97. The van der Waals surface area contributed by atoms with Crippen molar-refractivity contribution in [2.75, 3.05) is 6.26 Å². The normalized spacial score (nSPS) is 13.9. The summed E-state index contributed by atoms with van der Waals surface area (Å²) < 4.78 is 28.1. The van der Waals surface area contributed by atoms with Crippen molar-refractivity contribution in [1.82, 2.24) is 0 Å². The molecule has 0 aliphatic rings. The molecule has 4 atom stereocenters. The van der Waals surface area contributed by atoms with Crippen LogP contribution in [-0.2, 0) is 27.1 Å². The van der Waals surface area contributed by atoms with Gasteiger partial charge in [0.05, 0.1) is 12.4 Å². The maximum Gasteiger partial charge on any atom is 0.264 e. The van der Waals surface area contributed by atoms with Gasteiger partial charge in [0.1, 0.15) is 0 Å². The highest BCUT2D eigenvalue weighted by atomic mass is 35.5. The Kier molecular flexibility index (Phi) is 12.9. The van der Waals surface area contributed by atoms with Crippen LogP contribution >= 0.6 is 23.2 Å². The first-order chi connectivity index (χ1) is 20.1. The summed E-state index contributed by atoms with van der Waals surface area (Å²) in [6.07, 6.45) is 2.13. The monoisotopic (exact) mass is 623 g/mol. The molecule has 0 saturated heterocycles. The lowest BCUT2D eigenvalue weighted by atomic mass is 9.87. The quantitative estimate of drug-likeness (QED) is 0.0720. The highest BCUT2D eigenvalue weighted by Gasteiger charge is 2.24. The van der Waals surface area contributed by atoms with Crippen LogP contribution < -0.4 is 0 Å². The molecule has 0 aromatic heterocycles. The second-order valence-electron chi connectivity index (χ2n) is 10.1. The minimum absolute atomic E-state index is 0.0582. The van der Waals surface area contributed by atoms with Crippen molar-refractivity contribution in [1.29, 1.82) is 0 Å². The van der Waals surface area contributed by atoms with E-state index in [0.29, 0.717) is 11.4 Å². The van der Waals surface area contributed by atoms with Crippen molar-refractivity contribution in [3.63, 3.8) is 0 Å². The van der Waals surface area contributed by atoms with Gasteiger partial charge in [-0.1, -0.05) is 120 Å². The van der Waals surface area contributed by atoms with Crippen molar-refractivity contribution in [2.24, 2.45) is 5.11 Å². The predicted molar refractivity (Wildman–Crippen MR) is 173 cm³/mol. The number of azide groups is 1. The van der Waals surface area contributed by atoms with Gasteiger partial charge in [0.15, 0.2) is 0 Å². The van der Waals surface area contributed by atoms with Crippen molar-refractivity contribution >= 4 is 33.3 Å². The molecule has 4 unspecified atom stereocenters. The van der Waals surface area contributed by atoms with Gasteiger partial charge in [-0.05, 0) is 77.7 Å². The van der Waals surface area contributed by atoms with Crippen LogP contribution in [0.5, 0.6) is 0 Å². The zero-order valence-electron chi connectivity index (χ0n) is 23.8.